The molecule has 3 rings (SSSR count). The van der Waals surface area contributed by atoms with E-state index in [1.165, 1.54) is 6.42 Å². The summed E-state index contributed by atoms with van der Waals surface area (Å²) in [5, 5.41) is 3.66. The molecule has 2 aromatic rings. The first-order valence-electron chi connectivity index (χ1n) is 8.18. The molecule has 0 saturated carbocycles. The average molecular weight is 378 g/mol. The summed E-state index contributed by atoms with van der Waals surface area (Å²) >= 11 is 11.5. The second kappa shape index (κ2) is 7.41. The van der Waals surface area contributed by atoms with Crippen molar-refractivity contribution >= 4 is 46.3 Å². The van der Waals surface area contributed by atoms with Crippen LogP contribution in [0.15, 0.2) is 23.0 Å². The number of thiocarbonyl (C=S) groups is 1. The average Bonchev–Trinajstić information content (AvgIpc) is 2.59. The van der Waals surface area contributed by atoms with Gasteiger partial charge in [-0.25, -0.2) is 0 Å². The Labute approximate surface area is 156 Å². The number of halogens is 1. The van der Waals surface area contributed by atoms with E-state index in [2.05, 4.69) is 15.3 Å². The van der Waals surface area contributed by atoms with Gasteiger partial charge in [-0.15, -0.1) is 0 Å². The molecule has 1 aromatic heterocycles. The third kappa shape index (κ3) is 3.77. The van der Waals surface area contributed by atoms with Crippen molar-refractivity contribution in [2.75, 3.05) is 29.0 Å². The molecular weight excluding hydrogens is 358 g/mol. The minimum absolute atomic E-state index is 0.126. The Morgan fingerprint density at radius 2 is 2.08 bits per heavy atom. The fourth-order valence-corrected chi connectivity index (χ4v) is 3.36. The minimum Gasteiger partial charge on any atom is -0.383 e. The van der Waals surface area contributed by atoms with Crippen LogP contribution in [0.25, 0.3) is 0 Å². The van der Waals surface area contributed by atoms with Crippen molar-refractivity contribution in [3.8, 4) is 0 Å². The Kier molecular flexibility index (Phi) is 5.24. The van der Waals surface area contributed by atoms with Crippen molar-refractivity contribution < 1.29 is 0 Å². The Hall–Kier alpha value is -2.12. The van der Waals surface area contributed by atoms with E-state index in [0.29, 0.717) is 11.0 Å². The number of nitrogens with two attached hydrogens (primary N) is 1. The van der Waals surface area contributed by atoms with Gasteiger partial charge < -0.3 is 16.0 Å². The maximum Gasteiger partial charge on any atom is 0.264 e. The Bertz CT molecular complexity index is 861. The van der Waals surface area contributed by atoms with Crippen LogP contribution in [0.4, 0.5) is 17.5 Å². The van der Waals surface area contributed by atoms with E-state index in [9.17, 15) is 4.79 Å². The SMILES string of the molecule is Cc1c(Cl)cccc1NC(=S)c1c(N)nc(N2CCCCC2)[nH]c1=O. The normalized spacial score (nSPS) is 14.4. The van der Waals surface area contributed by atoms with Gasteiger partial charge in [-0.2, -0.15) is 4.98 Å². The number of nitrogen functional groups attached to an aromatic ring is 1. The van der Waals surface area contributed by atoms with Gasteiger partial charge in [0, 0.05) is 23.8 Å². The number of hydrogen-bond donors (Lipinski definition) is 3. The molecule has 0 amide bonds. The molecule has 1 aromatic carbocycles. The fraction of sp³-hybridized carbons (Fsp3) is 0.353. The molecule has 0 unspecified atom stereocenters. The molecule has 0 spiro atoms. The van der Waals surface area contributed by atoms with Crippen LogP contribution in [0.5, 0.6) is 0 Å². The van der Waals surface area contributed by atoms with Crippen molar-refractivity contribution in [1.29, 1.82) is 0 Å². The van der Waals surface area contributed by atoms with Crippen molar-refractivity contribution in [2.45, 2.75) is 26.2 Å². The van der Waals surface area contributed by atoms with E-state index in [-0.39, 0.29) is 21.9 Å². The Morgan fingerprint density at radius 1 is 1.36 bits per heavy atom. The van der Waals surface area contributed by atoms with Crippen molar-refractivity contribution in [3.63, 3.8) is 0 Å². The summed E-state index contributed by atoms with van der Waals surface area (Å²) in [4.78, 5) is 22.0. The predicted octanol–water partition coefficient (Wildman–Crippen LogP) is 3.09. The number of rotatable bonds is 3. The predicted molar refractivity (Wildman–Crippen MR) is 107 cm³/mol. The van der Waals surface area contributed by atoms with E-state index < -0.39 is 0 Å². The molecule has 25 heavy (non-hydrogen) atoms. The van der Waals surface area contributed by atoms with Gasteiger partial charge in [-0.05, 0) is 43.9 Å². The number of nitrogens with zero attached hydrogens (tertiary/aromatic N) is 2. The van der Waals surface area contributed by atoms with Crippen LogP contribution in [0.1, 0.15) is 30.4 Å². The van der Waals surface area contributed by atoms with E-state index in [1.54, 1.807) is 6.07 Å². The summed E-state index contributed by atoms with van der Waals surface area (Å²) in [6.07, 6.45) is 3.36. The number of anilines is 3. The molecule has 0 radical (unpaired) electrons. The Balaban J connectivity index is 1.88. The van der Waals surface area contributed by atoms with Gasteiger partial charge in [-0.3, -0.25) is 9.78 Å². The van der Waals surface area contributed by atoms with Crippen LogP contribution in [-0.4, -0.2) is 28.0 Å². The maximum absolute atomic E-state index is 12.5. The molecule has 1 fully saturated rings. The van der Waals surface area contributed by atoms with Gasteiger partial charge in [0.25, 0.3) is 5.56 Å². The lowest BCUT2D eigenvalue weighted by Gasteiger charge is -2.27. The summed E-state index contributed by atoms with van der Waals surface area (Å²) in [7, 11) is 0. The van der Waals surface area contributed by atoms with Gasteiger partial charge in [0.05, 0.1) is 0 Å². The molecule has 1 aliphatic rings. The topological polar surface area (TPSA) is 87.0 Å². The molecule has 4 N–H and O–H groups in total. The maximum atomic E-state index is 12.5. The Morgan fingerprint density at radius 3 is 2.76 bits per heavy atom. The highest BCUT2D eigenvalue weighted by Gasteiger charge is 2.19. The van der Waals surface area contributed by atoms with Crippen LogP contribution < -0.4 is 21.5 Å². The quantitative estimate of drug-likeness (QED) is 0.712. The van der Waals surface area contributed by atoms with Crippen molar-refractivity contribution in [1.82, 2.24) is 9.97 Å². The van der Waals surface area contributed by atoms with Crippen LogP contribution >= 0.6 is 23.8 Å². The standard InChI is InChI=1S/C17H20ClN5OS/c1-10-11(18)6-5-7-12(10)20-16(25)13-14(19)21-17(22-15(13)24)23-8-3-2-4-9-23/h5-7H,2-4,8-9H2,1H3,(H,20,25)(H3,19,21,22,24). The summed E-state index contributed by atoms with van der Waals surface area (Å²) in [6.45, 7) is 3.61. The lowest BCUT2D eigenvalue weighted by molar-refractivity contribution is 0.568. The molecule has 132 valence electrons. The molecule has 0 bridgehead atoms. The smallest absolute Gasteiger partial charge is 0.264 e. The van der Waals surface area contributed by atoms with Crippen molar-refractivity contribution in [2.24, 2.45) is 0 Å². The van der Waals surface area contributed by atoms with Crippen molar-refractivity contribution in [3.05, 3.63) is 44.7 Å². The third-order valence-corrected chi connectivity index (χ3v) is 5.05. The van der Waals surface area contributed by atoms with Gasteiger partial charge in [0.1, 0.15) is 16.4 Å². The van der Waals surface area contributed by atoms with E-state index in [4.69, 9.17) is 29.6 Å². The molecule has 2 heterocycles. The number of aromatic amines is 1. The first kappa shape index (κ1) is 17.7. The second-order valence-corrected chi connectivity index (χ2v) is 6.88. The highest BCUT2D eigenvalue weighted by atomic mass is 35.5. The molecule has 0 atom stereocenters. The zero-order valence-corrected chi connectivity index (χ0v) is 15.5. The highest BCUT2D eigenvalue weighted by Crippen LogP contribution is 2.24. The number of aromatic nitrogens is 2. The number of benzene rings is 1. The summed E-state index contributed by atoms with van der Waals surface area (Å²) in [6, 6.07) is 5.44. The van der Waals surface area contributed by atoms with Gasteiger partial charge in [-0.1, -0.05) is 29.9 Å². The van der Waals surface area contributed by atoms with Gasteiger partial charge >= 0.3 is 0 Å². The molecule has 8 heteroatoms. The first-order valence-corrected chi connectivity index (χ1v) is 8.97. The highest BCUT2D eigenvalue weighted by molar-refractivity contribution is 7.81. The zero-order valence-electron chi connectivity index (χ0n) is 13.9. The number of hydrogen-bond acceptors (Lipinski definition) is 5. The van der Waals surface area contributed by atoms with Crippen LogP contribution in [0, 0.1) is 6.92 Å². The number of nitrogens with one attached hydrogen (secondary N) is 2. The molecular formula is C17H20ClN5OS. The van der Waals surface area contributed by atoms with Crippen LogP contribution in [0.2, 0.25) is 5.02 Å². The lowest BCUT2D eigenvalue weighted by atomic mass is 10.1. The second-order valence-electron chi connectivity index (χ2n) is 6.06. The summed E-state index contributed by atoms with van der Waals surface area (Å²) < 4.78 is 0. The minimum atomic E-state index is -0.342. The van der Waals surface area contributed by atoms with E-state index in [1.807, 2.05) is 24.0 Å². The van der Waals surface area contributed by atoms with Crippen LogP contribution in [-0.2, 0) is 0 Å². The first-order chi connectivity index (χ1) is 12.0. The lowest BCUT2D eigenvalue weighted by Crippen LogP contribution is -2.34. The molecule has 0 aliphatic carbocycles. The van der Waals surface area contributed by atoms with Gasteiger partial charge in [0.2, 0.25) is 5.95 Å². The number of H-pyrrole nitrogens is 1. The van der Waals surface area contributed by atoms with Gasteiger partial charge in [0.15, 0.2) is 0 Å². The molecule has 1 aliphatic heterocycles. The zero-order chi connectivity index (χ0) is 18.0. The largest absolute Gasteiger partial charge is 0.383 e. The van der Waals surface area contributed by atoms with E-state index >= 15 is 0 Å². The summed E-state index contributed by atoms with van der Waals surface area (Å²) in [5.74, 6) is 0.634. The summed E-state index contributed by atoms with van der Waals surface area (Å²) in [5.41, 5.74) is 7.45. The number of piperidine rings is 1. The van der Waals surface area contributed by atoms with E-state index in [0.717, 1.165) is 37.2 Å². The fourth-order valence-electron chi connectivity index (χ4n) is 2.88. The third-order valence-electron chi connectivity index (χ3n) is 4.33. The molecule has 1 saturated heterocycles. The van der Waals surface area contributed by atoms with Crippen LogP contribution in [0.3, 0.4) is 0 Å². The monoisotopic (exact) mass is 377 g/mol. The molecule has 6 nitrogen and oxygen atoms in total.